The van der Waals surface area contributed by atoms with Crippen molar-refractivity contribution >= 4 is 11.6 Å². The Hall–Kier alpha value is -2.09. The summed E-state index contributed by atoms with van der Waals surface area (Å²) in [5.74, 6) is -3.25. The molecule has 0 saturated carbocycles. The van der Waals surface area contributed by atoms with Crippen molar-refractivity contribution in [3.8, 4) is 0 Å². The molecule has 0 bridgehead atoms. The highest BCUT2D eigenvalue weighted by molar-refractivity contribution is 5.95. The van der Waals surface area contributed by atoms with Crippen LogP contribution in [0.15, 0.2) is 12.1 Å². The lowest BCUT2D eigenvalue weighted by Gasteiger charge is -2.20. The first-order valence-electron chi connectivity index (χ1n) is 6.36. The number of nitrogens with zero attached hydrogens (tertiary/aromatic N) is 2. The van der Waals surface area contributed by atoms with Crippen molar-refractivity contribution in [1.82, 2.24) is 10.2 Å². The number of rotatable bonds is 6. The van der Waals surface area contributed by atoms with E-state index in [1.807, 2.05) is 25.8 Å². The normalized spacial score (nSPS) is 11.0. The van der Waals surface area contributed by atoms with Crippen LogP contribution in [0, 0.1) is 21.7 Å². The molecule has 1 N–H and O–H groups in total. The molecule has 1 aromatic rings. The van der Waals surface area contributed by atoms with Crippen LogP contribution in [0.5, 0.6) is 0 Å². The summed E-state index contributed by atoms with van der Waals surface area (Å²) in [6, 6.07) is 1.36. The van der Waals surface area contributed by atoms with Gasteiger partial charge in [-0.05, 0) is 27.0 Å². The Bertz CT molecular complexity index is 550. The minimum Gasteiger partial charge on any atom is -0.351 e. The summed E-state index contributed by atoms with van der Waals surface area (Å²) in [4.78, 5) is 23.3. The van der Waals surface area contributed by atoms with Crippen molar-refractivity contribution < 1.29 is 18.5 Å². The van der Waals surface area contributed by atoms with Crippen LogP contribution in [0.3, 0.4) is 0 Å². The fourth-order valence-electron chi connectivity index (χ4n) is 1.57. The summed E-state index contributed by atoms with van der Waals surface area (Å²) in [6.45, 7) is 4.68. The molecule has 0 atom stereocenters. The predicted molar refractivity (Wildman–Crippen MR) is 73.1 cm³/mol. The molecular formula is C13H17F2N3O3. The Morgan fingerprint density at radius 2 is 2.05 bits per heavy atom. The van der Waals surface area contributed by atoms with Gasteiger partial charge in [-0.1, -0.05) is 0 Å². The quantitative estimate of drug-likeness (QED) is 0.643. The maximum atomic E-state index is 13.8. The predicted octanol–water partition coefficient (Wildman–Crippen LogP) is 1.94. The van der Waals surface area contributed by atoms with Crippen LogP contribution in [0.1, 0.15) is 24.2 Å². The number of hydrogen-bond acceptors (Lipinski definition) is 4. The zero-order valence-corrected chi connectivity index (χ0v) is 12.0. The van der Waals surface area contributed by atoms with Gasteiger partial charge in [-0.25, -0.2) is 4.39 Å². The average molecular weight is 301 g/mol. The van der Waals surface area contributed by atoms with Crippen LogP contribution in [-0.4, -0.2) is 41.9 Å². The molecule has 0 spiro atoms. The van der Waals surface area contributed by atoms with Crippen LogP contribution in [-0.2, 0) is 0 Å². The second-order valence-electron chi connectivity index (χ2n) is 4.87. The summed E-state index contributed by atoms with van der Waals surface area (Å²) in [5, 5.41) is 13.0. The van der Waals surface area contributed by atoms with Crippen molar-refractivity contribution in [2.24, 2.45) is 0 Å². The zero-order chi connectivity index (χ0) is 16.2. The lowest BCUT2D eigenvalue weighted by atomic mass is 10.1. The Labute approximate surface area is 120 Å². The number of nitro benzene ring substituents is 1. The van der Waals surface area contributed by atoms with Gasteiger partial charge < -0.3 is 10.2 Å². The largest absolute Gasteiger partial charge is 0.351 e. The molecule has 0 aliphatic carbocycles. The maximum absolute atomic E-state index is 13.8. The lowest BCUT2D eigenvalue weighted by molar-refractivity contribution is -0.387. The van der Waals surface area contributed by atoms with E-state index < -0.39 is 33.7 Å². The van der Waals surface area contributed by atoms with Gasteiger partial charge >= 0.3 is 5.69 Å². The molecule has 1 amide bonds. The number of carbonyl (C=O) groups excluding carboxylic acids is 1. The molecule has 21 heavy (non-hydrogen) atoms. The molecule has 0 aromatic heterocycles. The lowest BCUT2D eigenvalue weighted by Crippen LogP contribution is -2.36. The van der Waals surface area contributed by atoms with Crippen molar-refractivity contribution in [2.45, 2.75) is 19.9 Å². The standard InChI is InChI=1S/C13H17F2N3O3/c1-8(2)17(3)5-4-16-13(19)10-6-9(14)7-11(12(10)15)18(20)21/h6-8H,4-5H2,1-3H3,(H,16,19). The molecule has 6 nitrogen and oxygen atoms in total. The number of hydrogen-bond donors (Lipinski definition) is 1. The van der Waals surface area contributed by atoms with Gasteiger partial charge in [0.1, 0.15) is 5.82 Å². The summed E-state index contributed by atoms with van der Waals surface area (Å²) in [5.41, 5.74) is -1.73. The van der Waals surface area contributed by atoms with Gasteiger partial charge in [-0.3, -0.25) is 14.9 Å². The van der Waals surface area contributed by atoms with Crippen LogP contribution in [0.2, 0.25) is 0 Å². The van der Waals surface area contributed by atoms with E-state index in [2.05, 4.69) is 5.32 Å². The smallest absolute Gasteiger partial charge is 0.308 e. The molecule has 0 radical (unpaired) electrons. The topological polar surface area (TPSA) is 75.5 Å². The molecule has 1 rings (SSSR count). The molecule has 116 valence electrons. The van der Waals surface area contributed by atoms with Crippen molar-refractivity contribution in [1.29, 1.82) is 0 Å². The number of amides is 1. The fraction of sp³-hybridized carbons (Fsp3) is 0.462. The third-order valence-electron chi connectivity index (χ3n) is 3.09. The van der Waals surface area contributed by atoms with E-state index in [0.29, 0.717) is 18.7 Å². The molecule has 1 aromatic carbocycles. The van der Waals surface area contributed by atoms with Gasteiger partial charge in [-0.15, -0.1) is 0 Å². The second-order valence-corrected chi connectivity index (χ2v) is 4.87. The number of carbonyl (C=O) groups is 1. The number of nitrogens with one attached hydrogen (secondary N) is 1. The first kappa shape index (κ1) is 17.0. The number of benzene rings is 1. The van der Waals surface area contributed by atoms with Crippen LogP contribution >= 0.6 is 0 Å². The van der Waals surface area contributed by atoms with Crippen LogP contribution in [0.25, 0.3) is 0 Å². The van der Waals surface area contributed by atoms with Gasteiger partial charge in [0.2, 0.25) is 5.82 Å². The highest BCUT2D eigenvalue weighted by Crippen LogP contribution is 2.22. The Morgan fingerprint density at radius 1 is 1.43 bits per heavy atom. The molecule has 0 aliphatic rings. The zero-order valence-electron chi connectivity index (χ0n) is 12.0. The monoisotopic (exact) mass is 301 g/mol. The first-order chi connectivity index (χ1) is 9.73. The maximum Gasteiger partial charge on any atom is 0.308 e. The minimum atomic E-state index is -1.34. The van der Waals surface area contributed by atoms with Gasteiger partial charge in [0.25, 0.3) is 5.91 Å². The SMILES string of the molecule is CC(C)N(C)CCNC(=O)c1cc(F)cc([N+](=O)[O-])c1F. The molecule has 0 saturated heterocycles. The molecular weight excluding hydrogens is 284 g/mol. The Morgan fingerprint density at radius 3 is 2.57 bits per heavy atom. The van der Waals surface area contributed by atoms with E-state index in [1.165, 1.54) is 0 Å². The van der Waals surface area contributed by atoms with Crippen LogP contribution < -0.4 is 5.32 Å². The van der Waals surface area contributed by atoms with Gasteiger partial charge in [-0.2, -0.15) is 4.39 Å². The molecule has 0 unspecified atom stereocenters. The number of likely N-dealkylation sites (N-methyl/N-ethyl adjacent to an activating group) is 1. The van der Waals surface area contributed by atoms with Crippen molar-refractivity contribution in [3.05, 3.63) is 39.4 Å². The second kappa shape index (κ2) is 7.07. The molecule has 0 heterocycles. The summed E-state index contributed by atoms with van der Waals surface area (Å²) in [7, 11) is 1.85. The van der Waals surface area contributed by atoms with E-state index in [-0.39, 0.29) is 12.6 Å². The summed E-state index contributed by atoms with van der Waals surface area (Å²) in [6.07, 6.45) is 0. The first-order valence-corrected chi connectivity index (χ1v) is 6.36. The van der Waals surface area contributed by atoms with Crippen molar-refractivity contribution in [3.63, 3.8) is 0 Å². The Balaban J connectivity index is 2.81. The molecule has 0 fully saturated rings. The van der Waals surface area contributed by atoms with Crippen molar-refractivity contribution in [2.75, 3.05) is 20.1 Å². The molecule has 0 aliphatic heterocycles. The third-order valence-corrected chi connectivity index (χ3v) is 3.09. The highest BCUT2D eigenvalue weighted by Gasteiger charge is 2.24. The highest BCUT2D eigenvalue weighted by atomic mass is 19.1. The van der Waals surface area contributed by atoms with E-state index in [4.69, 9.17) is 0 Å². The minimum absolute atomic E-state index is 0.220. The van der Waals surface area contributed by atoms with Crippen LogP contribution in [0.4, 0.5) is 14.5 Å². The number of halogens is 2. The van der Waals surface area contributed by atoms with E-state index >= 15 is 0 Å². The van der Waals surface area contributed by atoms with Gasteiger partial charge in [0.15, 0.2) is 0 Å². The molecule has 8 heteroatoms. The van der Waals surface area contributed by atoms with E-state index in [1.54, 1.807) is 0 Å². The number of nitro groups is 1. The fourth-order valence-corrected chi connectivity index (χ4v) is 1.57. The Kier molecular flexibility index (Phi) is 5.71. The van der Waals surface area contributed by atoms with Gasteiger partial charge in [0.05, 0.1) is 16.6 Å². The average Bonchev–Trinajstić information content (AvgIpc) is 2.40. The van der Waals surface area contributed by atoms with Gasteiger partial charge in [0, 0.05) is 19.1 Å². The third kappa shape index (κ3) is 4.45. The van der Waals surface area contributed by atoms with E-state index in [0.717, 1.165) is 0 Å². The van der Waals surface area contributed by atoms with E-state index in [9.17, 15) is 23.7 Å². The summed E-state index contributed by atoms with van der Waals surface area (Å²) < 4.78 is 27.0. The summed E-state index contributed by atoms with van der Waals surface area (Å²) >= 11 is 0.